The molecule has 0 saturated heterocycles. The Morgan fingerprint density at radius 2 is 1.79 bits per heavy atom. The van der Waals surface area contributed by atoms with E-state index < -0.39 is 6.04 Å². The van der Waals surface area contributed by atoms with E-state index >= 15 is 0 Å². The van der Waals surface area contributed by atoms with E-state index in [9.17, 15) is 4.39 Å². The summed E-state index contributed by atoms with van der Waals surface area (Å²) in [5, 5.41) is 0.974. The second kappa shape index (κ2) is 5.49. The summed E-state index contributed by atoms with van der Waals surface area (Å²) in [6, 6.07) is 7.82. The molecule has 0 radical (unpaired) electrons. The molecule has 1 atom stereocenters. The molecule has 19 heavy (non-hydrogen) atoms. The SMILES string of the molecule is Cc1cc(C)c(C(N)c2ccc(Cl)cc2Cl)c(F)c1. The predicted octanol–water partition coefficient (Wildman–Crippen LogP) is 4.80. The van der Waals surface area contributed by atoms with Gasteiger partial charge in [-0.2, -0.15) is 0 Å². The average molecular weight is 298 g/mol. The highest BCUT2D eigenvalue weighted by molar-refractivity contribution is 6.35. The first-order valence-electron chi connectivity index (χ1n) is 5.87. The Bertz CT molecular complexity index is 603. The van der Waals surface area contributed by atoms with Crippen LogP contribution in [0.5, 0.6) is 0 Å². The first-order valence-corrected chi connectivity index (χ1v) is 6.63. The van der Waals surface area contributed by atoms with Gasteiger partial charge in [0.05, 0.1) is 6.04 Å². The summed E-state index contributed by atoms with van der Waals surface area (Å²) in [6.45, 7) is 3.69. The van der Waals surface area contributed by atoms with Gasteiger partial charge in [-0.1, -0.05) is 35.3 Å². The zero-order valence-corrected chi connectivity index (χ0v) is 12.2. The summed E-state index contributed by atoms with van der Waals surface area (Å²) in [6.07, 6.45) is 0. The third-order valence-electron chi connectivity index (χ3n) is 3.09. The fourth-order valence-corrected chi connectivity index (χ4v) is 2.76. The zero-order valence-electron chi connectivity index (χ0n) is 10.7. The van der Waals surface area contributed by atoms with Crippen molar-refractivity contribution in [2.75, 3.05) is 0 Å². The smallest absolute Gasteiger partial charge is 0.128 e. The van der Waals surface area contributed by atoms with Crippen molar-refractivity contribution in [1.29, 1.82) is 0 Å². The first-order chi connectivity index (χ1) is 8.90. The van der Waals surface area contributed by atoms with Crippen molar-refractivity contribution in [2.24, 2.45) is 5.73 Å². The van der Waals surface area contributed by atoms with Gasteiger partial charge in [0.2, 0.25) is 0 Å². The van der Waals surface area contributed by atoms with Crippen LogP contribution in [-0.4, -0.2) is 0 Å². The maximum atomic E-state index is 14.1. The molecule has 0 amide bonds. The van der Waals surface area contributed by atoms with Crippen LogP contribution in [0.3, 0.4) is 0 Å². The van der Waals surface area contributed by atoms with Crippen LogP contribution < -0.4 is 5.73 Å². The Balaban J connectivity index is 2.53. The summed E-state index contributed by atoms with van der Waals surface area (Å²) in [5.74, 6) is -0.309. The van der Waals surface area contributed by atoms with Crippen LogP contribution in [0.2, 0.25) is 10.0 Å². The fourth-order valence-electron chi connectivity index (χ4n) is 2.23. The van der Waals surface area contributed by atoms with E-state index in [0.717, 1.165) is 11.1 Å². The van der Waals surface area contributed by atoms with Crippen molar-refractivity contribution in [3.05, 3.63) is 68.4 Å². The Kier molecular flexibility index (Phi) is 4.14. The lowest BCUT2D eigenvalue weighted by Crippen LogP contribution is -2.16. The van der Waals surface area contributed by atoms with Crippen LogP contribution in [0.25, 0.3) is 0 Å². The Labute approximate surface area is 122 Å². The lowest BCUT2D eigenvalue weighted by atomic mass is 9.94. The molecule has 1 unspecified atom stereocenters. The minimum absolute atomic E-state index is 0.309. The highest BCUT2D eigenvalue weighted by atomic mass is 35.5. The van der Waals surface area contributed by atoms with Gasteiger partial charge in [0.25, 0.3) is 0 Å². The van der Waals surface area contributed by atoms with E-state index in [0.29, 0.717) is 21.2 Å². The van der Waals surface area contributed by atoms with Crippen LogP contribution in [0.15, 0.2) is 30.3 Å². The van der Waals surface area contributed by atoms with Gasteiger partial charge in [0.1, 0.15) is 5.82 Å². The molecule has 2 N–H and O–H groups in total. The van der Waals surface area contributed by atoms with E-state index in [1.807, 2.05) is 19.9 Å². The second-order valence-corrected chi connectivity index (χ2v) is 5.46. The lowest BCUT2D eigenvalue weighted by Gasteiger charge is -2.18. The van der Waals surface area contributed by atoms with Gasteiger partial charge in [-0.3, -0.25) is 0 Å². The number of halogens is 3. The lowest BCUT2D eigenvalue weighted by molar-refractivity contribution is 0.596. The molecule has 2 aromatic carbocycles. The van der Waals surface area contributed by atoms with Gasteiger partial charge in [0, 0.05) is 15.6 Å². The molecule has 0 spiro atoms. The van der Waals surface area contributed by atoms with Crippen LogP contribution >= 0.6 is 23.2 Å². The van der Waals surface area contributed by atoms with Crippen LogP contribution in [0, 0.1) is 19.7 Å². The fraction of sp³-hybridized carbons (Fsp3) is 0.200. The standard InChI is InChI=1S/C15H14Cl2FN/c1-8-5-9(2)14(13(18)6-8)15(19)11-4-3-10(16)7-12(11)17/h3-7,15H,19H2,1-2H3. The first kappa shape index (κ1) is 14.3. The maximum Gasteiger partial charge on any atom is 0.128 e. The van der Waals surface area contributed by atoms with Crippen molar-refractivity contribution in [1.82, 2.24) is 0 Å². The molecule has 0 aliphatic rings. The van der Waals surface area contributed by atoms with Gasteiger partial charge in [-0.15, -0.1) is 0 Å². The molecule has 2 aromatic rings. The highest BCUT2D eigenvalue weighted by Crippen LogP contribution is 2.32. The molecule has 0 aromatic heterocycles. The topological polar surface area (TPSA) is 26.0 Å². The maximum absolute atomic E-state index is 14.1. The summed E-state index contributed by atoms with van der Waals surface area (Å²) < 4.78 is 14.1. The third kappa shape index (κ3) is 2.92. The normalized spacial score (nSPS) is 12.5. The zero-order chi connectivity index (χ0) is 14.2. The quantitative estimate of drug-likeness (QED) is 0.847. The van der Waals surface area contributed by atoms with Gasteiger partial charge >= 0.3 is 0 Å². The number of hydrogen-bond donors (Lipinski definition) is 1. The highest BCUT2D eigenvalue weighted by Gasteiger charge is 2.19. The van der Waals surface area contributed by atoms with E-state index in [2.05, 4.69) is 0 Å². The molecule has 0 aliphatic carbocycles. The van der Waals surface area contributed by atoms with Gasteiger partial charge in [-0.25, -0.2) is 4.39 Å². The van der Waals surface area contributed by atoms with Crippen molar-refractivity contribution >= 4 is 23.2 Å². The molecule has 0 bridgehead atoms. The van der Waals surface area contributed by atoms with Crippen LogP contribution in [-0.2, 0) is 0 Å². The molecular weight excluding hydrogens is 284 g/mol. The molecule has 1 nitrogen and oxygen atoms in total. The van der Waals surface area contributed by atoms with Crippen molar-refractivity contribution in [3.63, 3.8) is 0 Å². The number of rotatable bonds is 2. The Morgan fingerprint density at radius 3 is 2.37 bits per heavy atom. The second-order valence-electron chi connectivity index (χ2n) is 4.62. The Morgan fingerprint density at radius 1 is 1.11 bits per heavy atom. The summed E-state index contributed by atoms with van der Waals surface area (Å²) in [5.41, 5.74) is 8.97. The predicted molar refractivity (Wildman–Crippen MR) is 78.4 cm³/mol. The van der Waals surface area contributed by atoms with Crippen molar-refractivity contribution in [2.45, 2.75) is 19.9 Å². The number of aryl methyl sites for hydroxylation is 2. The Hall–Kier alpha value is -1.09. The van der Waals surface area contributed by atoms with Gasteiger partial charge in [-0.05, 0) is 48.7 Å². The van der Waals surface area contributed by atoms with Crippen molar-refractivity contribution < 1.29 is 4.39 Å². The number of benzene rings is 2. The summed E-state index contributed by atoms with van der Waals surface area (Å²) in [7, 11) is 0. The number of nitrogens with two attached hydrogens (primary N) is 1. The van der Waals surface area contributed by atoms with Gasteiger partial charge < -0.3 is 5.73 Å². The third-order valence-corrected chi connectivity index (χ3v) is 3.65. The molecule has 4 heteroatoms. The molecule has 2 rings (SSSR count). The van der Waals surface area contributed by atoms with E-state index in [1.54, 1.807) is 18.2 Å². The molecular formula is C15H14Cl2FN. The van der Waals surface area contributed by atoms with E-state index in [4.69, 9.17) is 28.9 Å². The molecule has 0 fully saturated rings. The summed E-state index contributed by atoms with van der Waals surface area (Å²) in [4.78, 5) is 0. The average Bonchev–Trinajstić information content (AvgIpc) is 2.26. The number of hydrogen-bond acceptors (Lipinski definition) is 1. The molecule has 0 saturated carbocycles. The minimum atomic E-state index is -0.606. The van der Waals surface area contributed by atoms with Crippen LogP contribution in [0.4, 0.5) is 4.39 Å². The van der Waals surface area contributed by atoms with Crippen molar-refractivity contribution in [3.8, 4) is 0 Å². The molecule has 0 heterocycles. The minimum Gasteiger partial charge on any atom is -0.320 e. The van der Waals surface area contributed by atoms with Crippen LogP contribution in [0.1, 0.15) is 28.3 Å². The van der Waals surface area contributed by atoms with E-state index in [-0.39, 0.29) is 5.82 Å². The van der Waals surface area contributed by atoms with Gasteiger partial charge in [0.15, 0.2) is 0 Å². The largest absolute Gasteiger partial charge is 0.320 e. The molecule has 0 aliphatic heterocycles. The molecule has 100 valence electrons. The van der Waals surface area contributed by atoms with E-state index in [1.165, 1.54) is 6.07 Å². The monoisotopic (exact) mass is 297 g/mol. The summed E-state index contributed by atoms with van der Waals surface area (Å²) >= 11 is 12.0.